The Morgan fingerprint density at radius 2 is 1.91 bits per heavy atom. The molecule has 23 heavy (non-hydrogen) atoms. The Bertz CT molecular complexity index is 536. The van der Waals surface area contributed by atoms with Crippen molar-refractivity contribution in [2.24, 2.45) is 5.92 Å². The van der Waals surface area contributed by atoms with Gasteiger partial charge in [0.1, 0.15) is 0 Å². The van der Waals surface area contributed by atoms with Gasteiger partial charge in [-0.3, -0.25) is 4.79 Å². The first-order valence-electron chi connectivity index (χ1n) is 8.40. The summed E-state index contributed by atoms with van der Waals surface area (Å²) < 4.78 is 22.7. The zero-order valence-electron chi connectivity index (χ0n) is 13.6. The fraction of sp³-hybridized carbons (Fsp3) is 0.867. The minimum absolute atomic E-state index is 0.0612. The summed E-state index contributed by atoms with van der Waals surface area (Å²) in [5.74, 6) is 0.722. The van der Waals surface area contributed by atoms with E-state index in [4.69, 9.17) is 12.2 Å². The Balaban J connectivity index is 1.60. The van der Waals surface area contributed by atoms with Crippen LogP contribution in [0.15, 0.2) is 0 Å². The molecular formula is C15H27N3O3S2. The lowest BCUT2D eigenvalue weighted by Gasteiger charge is -2.30. The summed E-state index contributed by atoms with van der Waals surface area (Å²) in [6, 6.07) is 0.182. The molecule has 0 spiro atoms. The van der Waals surface area contributed by atoms with Crippen LogP contribution in [0.4, 0.5) is 0 Å². The largest absolute Gasteiger partial charge is 0.362 e. The molecule has 1 heterocycles. The third-order valence-electron chi connectivity index (χ3n) is 4.66. The number of carbonyl (C=O) groups is 1. The van der Waals surface area contributed by atoms with Crippen LogP contribution in [-0.4, -0.2) is 49.6 Å². The summed E-state index contributed by atoms with van der Waals surface area (Å²) in [6.07, 6.45) is 5.69. The van der Waals surface area contributed by atoms with E-state index in [0.29, 0.717) is 36.5 Å². The molecule has 1 aliphatic heterocycles. The van der Waals surface area contributed by atoms with Crippen molar-refractivity contribution in [2.75, 3.05) is 18.1 Å². The van der Waals surface area contributed by atoms with Crippen LogP contribution in [0.25, 0.3) is 0 Å². The van der Waals surface area contributed by atoms with Crippen LogP contribution >= 0.6 is 12.2 Å². The number of hydrogen-bond acceptors (Lipinski definition) is 4. The van der Waals surface area contributed by atoms with Crippen LogP contribution in [-0.2, 0) is 14.6 Å². The van der Waals surface area contributed by atoms with E-state index in [9.17, 15) is 13.2 Å². The molecule has 3 N–H and O–H groups in total. The van der Waals surface area contributed by atoms with Crippen molar-refractivity contribution in [1.82, 2.24) is 16.0 Å². The highest BCUT2D eigenvalue weighted by Crippen LogP contribution is 2.23. The Kier molecular flexibility index (Phi) is 6.64. The standard InChI is InChI=1S/C15H27N3O3S2/c1-11-4-2-3-5-13(11)18-15(22)16-8-6-14(19)17-12-7-9-23(20,21)10-12/h11-13H,2-10H2,1H3,(H,17,19)(H2,16,18,22). The number of rotatable bonds is 5. The summed E-state index contributed by atoms with van der Waals surface area (Å²) >= 11 is 5.28. The Hall–Kier alpha value is -0.890. The maximum Gasteiger partial charge on any atom is 0.222 e. The molecule has 3 unspecified atom stereocenters. The van der Waals surface area contributed by atoms with E-state index < -0.39 is 9.84 Å². The van der Waals surface area contributed by atoms with Crippen molar-refractivity contribution in [2.45, 2.75) is 57.5 Å². The second kappa shape index (κ2) is 8.28. The lowest BCUT2D eigenvalue weighted by molar-refractivity contribution is -0.121. The van der Waals surface area contributed by atoms with Gasteiger partial charge in [-0.25, -0.2) is 8.42 Å². The molecular weight excluding hydrogens is 334 g/mol. The van der Waals surface area contributed by atoms with Gasteiger partial charge in [0.05, 0.1) is 11.5 Å². The first-order chi connectivity index (χ1) is 10.9. The molecule has 3 atom stereocenters. The zero-order valence-corrected chi connectivity index (χ0v) is 15.3. The van der Waals surface area contributed by atoms with Gasteiger partial charge in [-0.1, -0.05) is 19.8 Å². The second-order valence-electron chi connectivity index (χ2n) is 6.69. The highest BCUT2D eigenvalue weighted by molar-refractivity contribution is 7.91. The van der Waals surface area contributed by atoms with E-state index in [1.807, 2.05) is 0 Å². The Morgan fingerprint density at radius 3 is 2.57 bits per heavy atom. The Morgan fingerprint density at radius 1 is 1.17 bits per heavy atom. The van der Waals surface area contributed by atoms with E-state index in [2.05, 4.69) is 22.9 Å². The molecule has 132 valence electrons. The molecule has 6 nitrogen and oxygen atoms in total. The molecule has 1 saturated carbocycles. The van der Waals surface area contributed by atoms with Crippen LogP contribution in [0.5, 0.6) is 0 Å². The van der Waals surface area contributed by atoms with Crippen molar-refractivity contribution < 1.29 is 13.2 Å². The first-order valence-corrected chi connectivity index (χ1v) is 10.6. The maximum absolute atomic E-state index is 11.8. The van der Waals surface area contributed by atoms with Gasteiger partial charge in [0.15, 0.2) is 14.9 Å². The molecule has 1 amide bonds. The molecule has 0 aromatic rings. The lowest BCUT2D eigenvalue weighted by atomic mass is 9.86. The summed E-state index contributed by atoms with van der Waals surface area (Å²) in [5, 5.41) is 9.77. The van der Waals surface area contributed by atoms with Gasteiger partial charge in [-0.2, -0.15) is 0 Å². The lowest BCUT2D eigenvalue weighted by Crippen LogP contribution is -2.46. The molecule has 1 saturated heterocycles. The van der Waals surface area contributed by atoms with Crippen molar-refractivity contribution in [1.29, 1.82) is 0 Å². The van der Waals surface area contributed by atoms with Gasteiger partial charge in [0, 0.05) is 25.0 Å². The minimum atomic E-state index is -2.96. The van der Waals surface area contributed by atoms with Crippen LogP contribution in [0.3, 0.4) is 0 Å². The van der Waals surface area contributed by atoms with Gasteiger partial charge in [0.2, 0.25) is 5.91 Å². The summed E-state index contributed by atoms with van der Waals surface area (Å²) in [5.41, 5.74) is 0. The van der Waals surface area contributed by atoms with Gasteiger partial charge in [0.25, 0.3) is 0 Å². The van der Waals surface area contributed by atoms with E-state index in [1.54, 1.807) is 0 Å². The van der Waals surface area contributed by atoms with E-state index in [0.717, 1.165) is 6.42 Å². The number of amides is 1. The summed E-state index contributed by atoms with van der Waals surface area (Å²) in [4.78, 5) is 11.8. The van der Waals surface area contributed by atoms with Crippen molar-refractivity contribution in [3.63, 3.8) is 0 Å². The SMILES string of the molecule is CC1CCCCC1NC(=S)NCCC(=O)NC1CCS(=O)(=O)C1. The predicted octanol–water partition coefficient (Wildman–Crippen LogP) is 0.723. The third-order valence-corrected chi connectivity index (χ3v) is 6.69. The molecule has 2 rings (SSSR count). The average Bonchev–Trinajstić information content (AvgIpc) is 2.80. The number of hydrogen-bond donors (Lipinski definition) is 3. The smallest absolute Gasteiger partial charge is 0.222 e. The summed E-state index contributed by atoms with van der Waals surface area (Å²) in [6.45, 7) is 2.70. The molecule has 0 radical (unpaired) electrons. The van der Waals surface area contributed by atoms with Crippen LogP contribution in [0, 0.1) is 5.92 Å². The zero-order chi connectivity index (χ0) is 16.9. The fourth-order valence-electron chi connectivity index (χ4n) is 3.25. The number of sulfone groups is 1. The Labute approximate surface area is 144 Å². The monoisotopic (exact) mass is 361 g/mol. The van der Waals surface area contributed by atoms with Gasteiger partial charge in [-0.05, 0) is 37.4 Å². The average molecular weight is 362 g/mol. The first kappa shape index (κ1) is 18.4. The second-order valence-corrected chi connectivity index (χ2v) is 9.32. The predicted molar refractivity (Wildman–Crippen MR) is 95.0 cm³/mol. The topological polar surface area (TPSA) is 87.3 Å². The molecule has 2 aliphatic rings. The third kappa shape index (κ3) is 6.25. The summed E-state index contributed by atoms with van der Waals surface area (Å²) in [7, 11) is -2.96. The highest BCUT2D eigenvalue weighted by atomic mass is 32.2. The van der Waals surface area contributed by atoms with Gasteiger partial charge < -0.3 is 16.0 Å². The van der Waals surface area contributed by atoms with Gasteiger partial charge in [-0.15, -0.1) is 0 Å². The number of thiocarbonyl (C=S) groups is 1. The molecule has 0 bridgehead atoms. The normalized spacial score (nSPS) is 29.7. The minimum Gasteiger partial charge on any atom is -0.362 e. The van der Waals surface area contributed by atoms with E-state index >= 15 is 0 Å². The van der Waals surface area contributed by atoms with Crippen molar-refractivity contribution >= 4 is 33.1 Å². The molecule has 8 heteroatoms. The maximum atomic E-state index is 11.8. The molecule has 1 aliphatic carbocycles. The molecule has 0 aromatic carbocycles. The van der Waals surface area contributed by atoms with Gasteiger partial charge >= 0.3 is 0 Å². The fourth-order valence-corrected chi connectivity index (χ4v) is 5.18. The molecule has 0 aromatic heterocycles. The highest BCUT2D eigenvalue weighted by Gasteiger charge is 2.28. The van der Waals surface area contributed by atoms with Crippen LogP contribution < -0.4 is 16.0 Å². The van der Waals surface area contributed by atoms with Crippen molar-refractivity contribution in [3.8, 4) is 0 Å². The quantitative estimate of drug-likeness (QED) is 0.626. The number of nitrogens with one attached hydrogen (secondary N) is 3. The number of carbonyl (C=O) groups excluding carboxylic acids is 1. The van der Waals surface area contributed by atoms with Crippen molar-refractivity contribution in [3.05, 3.63) is 0 Å². The van der Waals surface area contributed by atoms with E-state index in [1.165, 1.54) is 19.3 Å². The van der Waals surface area contributed by atoms with Crippen LogP contribution in [0.1, 0.15) is 45.4 Å². The van der Waals surface area contributed by atoms with Crippen LogP contribution in [0.2, 0.25) is 0 Å². The molecule has 2 fully saturated rings. The van der Waals surface area contributed by atoms with E-state index in [-0.39, 0.29) is 23.5 Å².